The maximum Gasteiger partial charge on any atom is 0.166 e. The molecule has 0 bridgehead atoms. The molecule has 1 aromatic heterocycles. The van der Waals surface area contributed by atoms with Crippen molar-refractivity contribution in [2.24, 2.45) is 0 Å². The zero-order chi connectivity index (χ0) is 12.8. The van der Waals surface area contributed by atoms with Gasteiger partial charge in [-0.1, -0.05) is 0 Å². The molecule has 1 N–H and O–H groups in total. The Balaban J connectivity index is 1.82. The van der Waals surface area contributed by atoms with E-state index in [0.29, 0.717) is 18.5 Å². The van der Waals surface area contributed by atoms with Crippen LogP contribution >= 0.6 is 0 Å². The van der Waals surface area contributed by atoms with Gasteiger partial charge in [0.05, 0.1) is 0 Å². The highest BCUT2D eigenvalue weighted by atomic mass is 19.1. The fourth-order valence-electron chi connectivity index (χ4n) is 1.56. The van der Waals surface area contributed by atoms with Crippen molar-refractivity contribution >= 4 is 11.5 Å². The van der Waals surface area contributed by atoms with Gasteiger partial charge in [-0.05, 0) is 36.4 Å². The lowest BCUT2D eigenvalue weighted by Crippen LogP contribution is -2.09. The van der Waals surface area contributed by atoms with Crippen molar-refractivity contribution in [3.8, 4) is 0 Å². The minimum Gasteiger partial charge on any atom is -0.385 e. The Labute approximate surface area is 105 Å². The van der Waals surface area contributed by atoms with Gasteiger partial charge in [0.1, 0.15) is 5.82 Å². The number of Topliss-reactive ketones (excluding diaryl/α,β-unsaturated/α-hetero) is 1. The average Bonchev–Trinajstić information content (AvgIpc) is 2.42. The molecule has 92 valence electrons. The summed E-state index contributed by atoms with van der Waals surface area (Å²) in [7, 11) is 0. The van der Waals surface area contributed by atoms with E-state index in [1.54, 1.807) is 36.7 Å². The van der Waals surface area contributed by atoms with Crippen LogP contribution in [0.1, 0.15) is 16.8 Å². The van der Waals surface area contributed by atoms with Gasteiger partial charge in [0, 0.05) is 36.6 Å². The standard InChI is InChI=1S/C14H13FN2O/c15-12-3-5-13(6-4-12)17-9-7-14(18)11-2-1-8-16-10-11/h1-6,8,10,17H,7,9H2. The summed E-state index contributed by atoms with van der Waals surface area (Å²) >= 11 is 0. The fourth-order valence-corrected chi connectivity index (χ4v) is 1.56. The molecule has 0 atom stereocenters. The summed E-state index contributed by atoms with van der Waals surface area (Å²) < 4.78 is 12.7. The lowest BCUT2D eigenvalue weighted by atomic mass is 10.1. The molecule has 0 fully saturated rings. The quantitative estimate of drug-likeness (QED) is 0.822. The molecule has 0 radical (unpaired) electrons. The highest BCUT2D eigenvalue weighted by Crippen LogP contribution is 2.08. The molecule has 0 aliphatic carbocycles. The summed E-state index contributed by atoms with van der Waals surface area (Å²) in [6.45, 7) is 0.513. The number of rotatable bonds is 5. The Hall–Kier alpha value is -2.23. The number of hydrogen-bond donors (Lipinski definition) is 1. The number of carbonyl (C=O) groups excluding carboxylic acids is 1. The van der Waals surface area contributed by atoms with Crippen LogP contribution in [0.5, 0.6) is 0 Å². The molecule has 0 saturated heterocycles. The number of nitrogens with one attached hydrogen (secondary N) is 1. The van der Waals surface area contributed by atoms with E-state index in [9.17, 15) is 9.18 Å². The molecule has 2 aromatic rings. The van der Waals surface area contributed by atoms with Crippen molar-refractivity contribution in [2.45, 2.75) is 6.42 Å². The molecule has 3 nitrogen and oxygen atoms in total. The number of pyridine rings is 1. The van der Waals surface area contributed by atoms with Crippen LogP contribution in [-0.2, 0) is 0 Å². The minimum absolute atomic E-state index is 0.0395. The second-order valence-corrected chi connectivity index (χ2v) is 3.85. The van der Waals surface area contributed by atoms with Crippen molar-refractivity contribution < 1.29 is 9.18 Å². The van der Waals surface area contributed by atoms with Crippen LogP contribution in [0, 0.1) is 5.82 Å². The van der Waals surface area contributed by atoms with Gasteiger partial charge in [0.15, 0.2) is 5.78 Å². The average molecular weight is 244 g/mol. The predicted octanol–water partition coefficient (Wildman–Crippen LogP) is 2.91. The van der Waals surface area contributed by atoms with E-state index in [1.807, 2.05) is 0 Å². The summed E-state index contributed by atoms with van der Waals surface area (Å²) in [4.78, 5) is 15.6. The molecule has 18 heavy (non-hydrogen) atoms. The zero-order valence-electron chi connectivity index (χ0n) is 9.77. The Bertz CT molecular complexity index is 511. The van der Waals surface area contributed by atoms with Gasteiger partial charge in [-0.25, -0.2) is 4.39 Å². The number of ketones is 1. The van der Waals surface area contributed by atoms with Gasteiger partial charge in [-0.15, -0.1) is 0 Å². The van der Waals surface area contributed by atoms with Gasteiger partial charge < -0.3 is 5.32 Å². The summed E-state index contributed by atoms with van der Waals surface area (Å²) in [6.07, 6.45) is 3.57. The monoisotopic (exact) mass is 244 g/mol. The first-order chi connectivity index (χ1) is 8.75. The number of carbonyl (C=O) groups is 1. The lowest BCUT2D eigenvalue weighted by Gasteiger charge is -2.05. The van der Waals surface area contributed by atoms with E-state index in [-0.39, 0.29) is 11.6 Å². The molecular formula is C14H13FN2O. The summed E-state index contributed by atoms with van der Waals surface area (Å²) in [5, 5.41) is 3.06. The molecule has 0 spiro atoms. The maximum atomic E-state index is 12.7. The molecule has 0 aliphatic rings. The van der Waals surface area contributed by atoms with Crippen LogP contribution in [0.15, 0.2) is 48.8 Å². The van der Waals surface area contributed by atoms with Gasteiger partial charge in [-0.3, -0.25) is 9.78 Å². The van der Waals surface area contributed by atoms with Crippen LogP contribution in [0.2, 0.25) is 0 Å². The number of anilines is 1. The van der Waals surface area contributed by atoms with Crippen LogP contribution in [0.25, 0.3) is 0 Å². The van der Waals surface area contributed by atoms with Crippen molar-refractivity contribution in [1.29, 1.82) is 0 Å². The normalized spacial score (nSPS) is 10.1. The van der Waals surface area contributed by atoms with Crippen LogP contribution in [-0.4, -0.2) is 17.3 Å². The van der Waals surface area contributed by atoms with Gasteiger partial charge in [-0.2, -0.15) is 0 Å². The zero-order valence-corrected chi connectivity index (χ0v) is 9.77. The van der Waals surface area contributed by atoms with Crippen molar-refractivity contribution in [3.05, 3.63) is 60.2 Å². The van der Waals surface area contributed by atoms with Crippen molar-refractivity contribution in [3.63, 3.8) is 0 Å². The molecule has 4 heteroatoms. The fraction of sp³-hybridized carbons (Fsp3) is 0.143. The van der Waals surface area contributed by atoms with Gasteiger partial charge in [0.25, 0.3) is 0 Å². The lowest BCUT2D eigenvalue weighted by molar-refractivity contribution is 0.0986. The second-order valence-electron chi connectivity index (χ2n) is 3.85. The molecule has 0 saturated carbocycles. The van der Waals surface area contributed by atoms with Crippen LogP contribution in [0.4, 0.5) is 10.1 Å². The highest BCUT2D eigenvalue weighted by Gasteiger charge is 2.04. The van der Waals surface area contributed by atoms with Gasteiger partial charge in [0.2, 0.25) is 0 Å². The van der Waals surface area contributed by atoms with Crippen LogP contribution in [0.3, 0.4) is 0 Å². The number of hydrogen-bond acceptors (Lipinski definition) is 3. The largest absolute Gasteiger partial charge is 0.385 e. The van der Waals surface area contributed by atoms with E-state index in [0.717, 1.165) is 5.69 Å². The third-order valence-electron chi connectivity index (χ3n) is 2.51. The third kappa shape index (κ3) is 3.38. The molecule has 2 rings (SSSR count). The number of halogens is 1. The molecule has 0 aliphatic heterocycles. The number of aromatic nitrogens is 1. The molecular weight excluding hydrogens is 231 g/mol. The highest BCUT2D eigenvalue weighted by molar-refractivity contribution is 5.95. The van der Waals surface area contributed by atoms with E-state index in [4.69, 9.17) is 0 Å². The SMILES string of the molecule is O=C(CCNc1ccc(F)cc1)c1cccnc1. The Morgan fingerprint density at radius 1 is 1.22 bits per heavy atom. The Morgan fingerprint density at radius 3 is 2.67 bits per heavy atom. The smallest absolute Gasteiger partial charge is 0.166 e. The van der Waals surface area contributed by atoms with E-state index in [2.05, 4.69) is 10.3 Å². The molecule has 1 aromatic carbocycles. The maximum absolute atomic E-state index is 12.7. The number of nitrogens with zero attached hydrogens (tertiary/aromatic N) is 1. The predicted molar refractivity (Wildman–Crippen MR) is 68.1 cm³/mol. The molecule has 1 heterocycles. The second kappa shape index (κ2) is 5.91. The first kappa shape index (κ1) is 12.2. The molecule has 0 unspecified atom stereocenters. The van der Waals surface area contributed by atoms with Crippen LogP contribution < -0.4 is 5.32 Å². The van der Waals surface area contributed by atoms with Crippen molar-refractivity contribution in [2.75, 3.05) is 11.9 Å². The molecule has 0 amide bonds. The van der Waals surface area contributed by atoms with Gasteiger partial charge >= 0.3 is 0 Å². The third-order valence-corrected chi connectivity index (χ3v) is 2.51. The Kier molecular flexibility index (Phi) is 4.02. The van der Waals surface area contributed by atoms with E-state index in [1.165, 1.54) is 12.1 Å². The summed E-state index contributed by atoms with van der Waals surface area (Å²) in [6, 6.07) is 9.53. The van der Waals surface area contributed by atoms with E-state index >= 15 is 0 Å². The first-order valence-electron chi connectivity index (χ1n) is 5.68. The Morgan fingerprint density at radius 2 is 2.00 bits per heavy atom. The first-order valence-corrected chi connectivity index (χ1v) is 5.68. The van der Waals surface area contributed by atoms with Crippen molar-refractivity contribution in [1.82, 2.24) is 4.98 Å². The summed E-state index contributed by atoms with van der Waals surface area (Å²) in [5.74, 6) is -0.232. The summed E-state index contributed by atoms with van der Waals surface area (Å²) in [5.41, 5.74) is 1.41. The topological polar surface area (TPSA) is 42.0 Å². The minimum atomic E-state index is -0.271. The number of benzene rings is 1. The van der Waals surface area contributed by atoms with E-state index < -0.39 is 0 Å².